The minimum Gasteiger partial charge on any atom is -0.504 e. The number of para-hydroxylation sites is 4. The Balaban J connectivity index is 1.41. The minimum atomic E-state index is 0.0871. The van der Waals surface area contributed by atoms with Crippen molar-refractivity contribution < 1.29 is 38.6 Å². The van der Waals surface area contributed by atoms with Crippen molar-refractivity contribution in [2.24, 2.45) is 0 Å². The summed E-state index contributed by atoms with van der Waals surface area (Å²) in [7, 11) is 0. The lowest BCUT2D eigenvalue weighted by Crippen LogP contribution is -2.15. The van der Waals surface area contributed by atoms with Crippen molar-refractivity contribution in [3.05, 3.63) is 71.8 Å². The zero-order valence-electron chi connectivity index (χ0n) is 22.6. The van der Waals surface area contributed by atoms with Crippen LogP contribution in [-0.2, 0) is 32.0 Å². The van der Waals surface area contributed by atoms with Gasteiger partial charge in [0, 0.05) is 24.2 Å². The average Bonchev–Trinajstić information content (AvgIpc) is 2.97. The van der Waals surface area contributed by atoms with Crippen LogP contribution in [0, 0.1) is 0 Å². The van der Waals surface area contributed by atoms with Gasteiger partial charge in [-0.15, -0.1) is 0 Å². The number of aromatic hydroxyl groups is 2. The molecule has 0 spiro atoms. The van der Waals surface area contributed by atoms with Crippen molar-refractivity contribution in [3.8, 4) is 23.0 Å². The van der Waals surface area contributed by atoms with Gasteiger partial charge in [-0.2, -0.15) is 0 Å². The maximum absolute atomic E-state index is 10.8. The second-order valence-corrected chi connectivity index (χ2v) is 8.93. The van der Waals surface area contributed by atoms with E-state index in [-0.39, 0.29) is 11.5 Å². The van der Waals surface area contributed by atoms with E-state index in [4.69, 9.17) is 28.4 Å². The van der Waals surface area contributed by atoms with Gasteiger partial charge in [-0.25, -0.2) is 0 Å². The Morgan fingerprint density at radius 1 is 0.450 bits per heavy atom. The molecule has 1 heterocycles. The van der Waals surface area contributed by atoms with Crippen molar-refractivity contribution in [1.29, 1.82) is 0 Å². The summed E-state index contributed by atoms with van der Waals surface area (Å²) in [4.78, 5) is 0. The molecule has 0 saturated carbocycles. The molecule has 0 aromatic heterocycles. The zero-order valence-corrected chi connectivity index (χ0v) is 22.6. The van der Waals surface area contributed by atoms with E-state index in [1.807, 2.05) is 48.5 Å². The lowest BCUT2D eigenvalue weighted by molar-refractivity contribution is -0.00710. The smallest absolute Gasteiger partial charge is 0.162 e. The quantitative estimate of drug-likeness (QED) is 0.322. The molecule has 10 nitrogen and oxygen atoms in total. The highest BCUT2D eigenvalue weighted by molar-refractivity contribution is 5.69. The van der Waals surface area contributed by atoms with Gasteiger partial charge in [-0.05, 0) is 24.3 Å². The second-order valence-electron chi connectivity index (χ2n) is 8.93. The largest absolute Gasteiger partial charge is 0.504 e. The molecule has 40 heavy (non-hydrogen) atoms. The van der Waals surface area contributed by atoms with Gasteiger partial charge in [0.25, 0.3) is 0 Å². The maximum Gasteiger partial charge on any atom is 0.162 e. The number of fused-ring (bicyclic) bond motifs is 5. The minimum absolute atomic E-state index is 0.0871. The number of nitrogens with one attached hydrogen (secondary N) is 2. The summed E-state index contributed by atoms with van der Waals surface area (Å²) < 4.78 is 33.6. The SMILES string of the molecule is Oc1c2cccc1OCCOCCOCCOCCOCCOc1cccc(c1O)CNc1ccccc1NC2. The molecule has 0 radical (unpaired) electrons. The molecule has 4 rings (SSSR count). The number of hydrogen-bond acceptors (Lipinski definition) is 10. The third kappa shape index (κ3) is 9.20. The van der Waals surface area contributed by atoms with Crippen LogP contribution in [-0.4, -0.2) is 76.3 Å². The topological polar surface area (TPSA) is 120 Å². The standard InChI is InChI=1S/C30H38N2O8/c33-29-23-5-3-9-27(29)39-19-17-37-15-13-35-11-12-36-14-16-38-18-20-40-28-10-4-6-24(30(28)34)22-32-26-8-2-1-7-25(26)31-21-23/h1-10,31-34H,11-22H2. The van der Waals surface area contributed by atoms with Crippen LogP contribution in [0.2, 0.25) is 0 Å². The van der Waals surface area contributed by atoms with Crippen molar-refractivity contribution in [3.63, 3.8) is 0 Å². The first-order valence-corrected chi connectivity index (χ1v) is 13.5. The molecule has 10 heteroatoms. The van der Waals surface area contributed by atoms with Gasteiger partial charge in [0.2, 0.25) is 0 Å². The van der Waals surface area contributed by atoms with E-state index in [9.17, 15) is 10.2 Å². The van der Waals surface area contributed by atoms with Crippen LogP contribution in [0.1, 0.15) is 11.1 Å². The highest BCUT2D eigenvalue weighted by Crippen LogP contribution is 2.33. The summed E-state index contributed by atoms with van der Waals surface area (Å²) in [6, 6.07) is 18.6. The molecule has 3 aromatic carbocycles. The molecule has 0 fully saturated rings. The molecule has 4 bridgehead atoms. The number of hydrogen-bond donors (Lipinski definition) is 4. The number of rotatable bonds is 0. The number of phenols is 2. The molecule has 0 saturated heterocycles. The van der Waals surface area contributed by atoms with Crippen LogP contribution in [0.3, 0.4) is 0 Å². The molecule has 1 aliphatic rings. The van der Waals surface area contributed by atoms with Crippen LogP contribution in [0.25, 0.3) is 0 Å². The maximum atomic E-state index is 10.8. The van der Waals surface area contributed by atoms with E-state index in [2.05, 4.69) is 10.6 Å². The van der Waals surface area contributed by atoms with E-state index in [0.717, 1.165) is 11.4 Å². The van der Waals surface area contributed by atoms with E-state index in [1.54, 1.807) is 12.1 Å². The molecule has 0 amide bonds. The Morgan fingerprint density at radius 2 is 0.825 bits per heavy atom. The Hall–Kier alpha value is -3.70. The first kappa shape index (κ1) is 29.3. The van der Waals surface area contributed by atoms with Crippen LogP contribution >= 0.6 is 0 Å². The number of phenolic OH excluding ortho intramolecular Hbond substituents is 2. The summed E-state index contributed by atoms with van der Waals surface area (Å²) in [6.07, 6.45) is 0. The fraction of sp³-hybridized carbons (Fsp3) is 0.400. The van der Waals surface area contributed by atoms with Crippen LogP contribution in [0.15, 0.2) is 60.7 Å². The van der Waals surface area contributed by atoms with Gasteiger partial charge in [0.05, 0.1) is 64.2 Å². The first-order chi connectivity index (χ1) is 19.7. The summed E-state index contributed by atoms with van der Waals surface area (Å²) in [6.45, 7) is 4.84. The lowest BCUT2D eigenvalue weighted by Gasteiger charge is -2.17. The Labute approximate surface area is 234 Å². The normalized spacial score (nSPS) is 16.9. The predicted molar refractivity (Wildman–Crippen MR) is 152 cm³/mol. The molecule has 0 aliphatic carbocycles. The summed E-state index contributed by atoms with van der Waals surface area (Å²) in [5.41, 5.74) is 3.10. The summed E-state index contributed by atoms with van der Waals surface area (Å²) >= 11 is 0. The average molecular weight is 555 g/mol. The van der Waals surface area contributed by atoms with Gasteiger partial charge >= 0.3 is 0 Å². The van der Waals surface area contributed by atoms with Crippen molar-refractivity contribution in [2.45, 2.75) is 13.1 Å². The zero-order chi connectivity index (χ0) is 27.8. The van der Waals surface area contributed by atoms with Crippen LogP contribution < -0.4 is 20.1 Å². The van der Waals surface area contributed by atoms with Gasteiger partial charge in [-0.1, -0.05) is 36.4 Å². The lowest BCUT2D eigenvalue weighted by atomic mass is 10.1. The van der Waals surface area contributed by atoms with E-state index in [1.165, 1.54) is 0 Å². The van der Waals surface area contributed by atoms with Gasteiger partial charge in [-0.3, -0.25) is 0 Å². The van der Waals surface area contributed by atoms with Crippen LogP contribution in [0.4, 0.5) is 11.4 Å². The molecule has 3 aromatic rings. The Kier molecular flexibility index (Phi) is 12.0. The molecule has 216 valence electrons. The Morgan fingerprint density at radius 3 is 1.23 bits per heavy atom. The third-order valence-electron chi connectivity index (χ3n) is 6.12. The predicted octanol–water partition coefficient (Wildman–Crippen LogP) is 4.16. The van der Waals surface area contributed by atoms with Crippen molar-refractivity contribution in [2.75, 3.05) is 76.7 Å². The monoisotopic (exact) mass is 554 g/mol. The van der Waals surface area contributed by atoms with Gasteiger partial charge in [0.1, 0.15) is 13.2 Å². The fourth-order valence-corrected chi connectivity index (χ4v) is 4.01. The fourth-order valence-electron chi connectivity index (χ4n) is 4.01. The van der Waals surface area contributed by atoms with Crippen molar-refractivity contribution >= 4 is 11.4 Å². The molecule has 0 unspecified atom stereocenters. The Bertz CT molecular complexity index is 1090. The molecule has 1 aliphatic heterocycles. The first-order valence-electron chi connectivity index (χ1n) is 13.5. The third-order valence-corrected chi connectivity index (χ3v) is 6.12. The van der Waals surface area contributed by atoms with Gasteiger partial charge < -0.3 is 49.3 Å². The van der Waals surface area contributed by atoms with E-state index >= 15 is 0 Å². The number of ether oxygens (including phenoxy) is 6. The van der Waals surface area contributed by atoms with Gasteiger partial charge in [0.15, 0.2) is 23.0 Å². The summed E-state index contributed by atoms with van der Waals surface area (Å²) in [5, 5.41) is 28.3. The molecular formula is C30H38N2O8. The molecular weight excluding hydrogens is 516 g/mol. The highest BCUT2D eigenvalue weighted by Gasteiger charge is 2.11. The number of anilines is 2. The van der Waals surface area contributed by atoms with Crippen molar-refractivity contribution in [1.82, 2.24) is 0 Å². The highest BCUT2D eigenvalue weighted by atomic mass is 16.6. The number of benzene rings is 3. The molecule has 4 N–H and O–H groups in total. The molecule has 0 atom stereocenters. The van der Waals surface area contributed by atoms with Crippen LogP contribution in [0.5, 0.6) is 23.0 Å². The van der Waals surface area contributed by atoms with E-state index in [0.29, 0.717) is 102 Å². The van der Waals surface area contributed by atoms with E-state index < -0.39 is 0 Å². The summed E-state index contributed by atoms with van der Waals surface area (Å²) in [5.74, 6) is 0.975. The second kappa shape index (κ2) is 16.4.